The van der Waals surface area contributed by atoms with Crippen LogP contribution in [-0.2, 0) is 20.5 Å². The maximum atomic E-state index is 12.2. The van der Waals surface area contributed by atoms with Gasteiger partial charge in [0, 0.05) is 20.3 Å². The summed E-state index contributed by atoms with van der Waals surface area (Å²) in [6.07, 6.45) is 5.22. The summed E-state index contributed by atoms with van der Waals surface area (Å²) in [7, 11) is 3.73. The molecule has 0 saturated heterocycles. The number of rotatable bonds is 4. The zero-order chi connectivity index (χ0) is 16.4. The van der Waals surface area contributed by atoms with Crippen LogP contribution in [0, 0.1) is 0 Å². The van der Waals surface area contributed by atoms with Gasteiger partial charge in [-0.15, -0.1) is 0 Å². The first-order chi connectivity index (χ1) is 11.1. The average Bonchev–Trinajstić information content (AvgIpc) is 3.10. The minimum Gasteiger partial charge on any atom is -0.319 e. The van der Waals surface area contributed by atoms with Crippen LogP contribution in [0.1, 0.15) is 35.8 Å². The van der Waals surface area contributed by atoms with Crippen molar-refractivity contribution in [2.24, 2.45) is 19.1 Å². The maximum Gasteiger partial charge on any atom is 0.300 e. The van der Waals surface area contributed by atoms with Crippen LogP contribution >= 0.6 is 11.3 Å². The fraction of sp³-hybridized carbons (Fsp3) is 0.353. The Kier molecular flexibility index (Phi) is 4.43. The van der Waals surface area contributed by atoms with Gasteiger partial charge in [0.15, 0.2) is 10.5 Å². The molecule has 0 N–H and O–H groups in total. The molecular weight excluding hydrogens is 308 g/mol. The number of carbonyl (C=O) groups is 1. The van der Waals surface area contributed by atoms with Crippen molar-refractivity contribution in [3.05, 3.63) is 46.5 Å². The Morgan fingerprint density at radius 1 is 1.30 bits per heavy atom. The lowest BCUT2D eigenvalue weighted by atomic mass is 10.1. The van der Waals surface area contributed by atoms with Gasteiger partial charge in [-0.2, -0.15) is 10.1 Å². The number of hydrogen-bond donors (Lipinski definition) is 0. The average molecular weight is 328 g/mol. The monoisotopic (exact) mass is 328 g/mol. The van der Waals surface area contributed by atoms with Crippen LogP contribution in [0.4, 0.5) is 0 Å². The van der Waals surface area contributed by atoms with E-state index >= 15 is 0 Å². The summed E-state index contributed by atoms with van der Waals surface area (Å²) in [4.78, 5) is 17.2. The van der Waals surface area contributed by atoms with Crippen molar-refractivity contribution in [1.82, 2.24) is 14.3 Å². The minimum atomic E-state index is -0.307. The highest BCUT2D eigenvalue weighted by Crippen LogP contribution is 2.19. The standard InChI is InChI=1S/C17H20N4OS/c1-4-5-6-12-7-8-14-15(11-12)23-17(21(14)3)18-16(22)13-9-10-20(2)19-13/h7-11H,4-6H2,1-3H3. The topological polar surface area (TPSA) is 52.2 Å². The number of nitrogens with zero attached hydrogens (tertiary/aromatic N) is 4. The van der Waals surface area contributed by atoms with Crippen molar-refractivity contribution in [1.29, 1.82) is 0 Å². The molecule has 0 aliphatic carbocycles. The van der Waals surface area contributed by atoms with E-state index in [1.165, 1.54) is 18.4 Å². The van der Waals surface area contributed by atoms with E-state index in [-0.39, 0.29) is 5.91 Å². The van der Waals surface area contributed by atoms with E-state index in [9.17, 15) is 4.79 Å². The van der Waals surface area contributed by atoms with Crippen LogP contribution in [0.2, 0.25) is 0 Å². The fourth-order valence-corrected chi connectivity index (χ4v) is 3.58. The first-order valence-electron chi connectivity index (χ1n) is 7.75. The maximum absolute atomic E-state index is 12.2. The molecule has 0 unspecified atom stereocenters. The van der Waals surface area contributed by atoms with E-state index in [4.69, 9.17) is 0 Å². The highest BCUT2D eigenvalue weighted by molar-refractivity contribution is 7.16. The molecule has 3 rings (SSSR count). The molecule has 0 fully saturated rings. The molecule has 0 spiro atoms. The summed E-state index contributed by atoms with van der Waals surface area (Å²) in [5.41, 5.74) is 2.81. The number of aryl methyl sites for hydroxylation is 3. The predicted octanol–water partition coefficient (Wildman–Crippen LogP) is 3.06. The van der Waals surface area contributed by atoms with Crippen LogP contribution in [0.25, 0.3) is 10.2 Å². The Bertz CT molecular complexity index is 916. The van der Waals surface area contributed by atoms with E-state index in [0.29, 0.717) is 10.5 Å². The van der Waals surface area contributed by atoms with Crippen molar-refractivity contribution in [3.8, 4) is 0 Å². The molecule has 2 aromatic heterocycles. The highest BCUT2D eigenvalue weighted by atomic mass is 32.1. The zero-order valence-electron chi connectivity index (χ0n) is 13.6. The molecule has 0 aliphatic heterocycles. The normalized spacial score (nSPS) is 12.2. The second-order valence-electron chi connectivity index (χ2n) is 5.64. The zero-order valence-corrected chi connectivity index (χ0v) is 14.4. The molecule has 6 heteroatoms. The molecule has 0 bridgehead atoms. The van der Waals surface area contributed by atoms with Crippen molar-refractivity contribution < 1.29 is 4.79 Å². The smallest absolute Gasteiger partial charge is 0.300 e. The number of hydrogen-bond acceptors (Lipinski definition) is 3. The molecule has 3 aromatic rings. The SMILES string of the molecule is CCCCc1ccc2c(c1)sc(=NC(=O)c1ccn(C)n1)n2C. The third-order valence-electron chi connectivity index (χ3n) is 3.82. The summed E-state index contributed by atoms with van der Waals surface area (Å²) >= 11 is 1.54. The van der Waals surface area contributed by atoms with Crippen LogP contribution in [-0.4, -0.2) is 20.3 Å². The number of fused-ring (bicyclic) bond motifs is 1. The van der Waals surface area contributed by atoms with Gasteiger partial charge >= 0.3 is 0 Å². The molecular formula is C17H20N4OS. The lowest BCUT2D eigenvalue weighted by Gasteiger charge is -2.00. The predicted molar refractivity (Wildman–Crippen MR) is 92.5 cm³/mol. The number of carbonyl (C=O) groups excluding carboxylic acids is 1. The summed E-state index contributed by atoms with van der Waals surface area (Å²) in [6, 6.07) is 8.16. The summed E-state index contributed by atoms with van der Waals surface area (Å²) in [5, 5.41) is 4.11. The van der Waals surface area contributed by atoms with Crippen LogP contribution < -0.4 is 4.80 Å². The van der Waals surface area contributed by atoms with Crippen LogP contribution in [0.15, 0.2) is 35.5 Å². The third kappa shape index (κ3) is 3.27. The van der Waals surface area contributed by atoms with Crippen molar-refractivity contribution in [2.75, 3.05) is 0 Å². The quantitative estimate of drug-likeness (QED) is 0.739. The molecule has 0 radical (unpaired) electrons. The molecule has 0 saturated carbocycles. The van der Waals surface area contributed by atoms with E-state index in [1.807, 2.05) is 11.6 Å². The molecule has 1 amide bonds. The Labute approximate surface area is 138 Å². The molecule has 2 heterocycles. The minimum absolute atomic E-state index is 0.307. The van der Waals surface area contributed by atoms with E-state index in [0.717, 1.165) is 16.6 Å². The van der Waals surface area contributed by atoms with E-state index in [1.54, 1.807) is 35.3 Å². The van der Waals surface area contributed by atoms with Gasteiger partial charge in [-0.05, 0) is 36.6 Å². The Hall–Kier alpha value is -2.21. The van der Waals surface area contributed by atoms with Crippen molar-refractivity contribution in [3.63, 3.8) is 0 Å². The van der Waals surface area contributed by atoms with Crippen LogP contribution in [0.3, 0.4) is 0 Å². The molecule has 120 valence electrons. The molecule has 5 nitrogen and oxygen atoms in total. The summed E-state index contributed by atoms with van der Waals surface area (Å²) < 4.78 is 4.73. The van der Waals surface area contributed by atoms with Gasteiger partial charge < -0.3 is 4.57 Å². The van der Waals surface area contributed by atoms with Gasteiger partial charge in [0.2, 0.25) is 0 Å². The fourth-order valence-electron chi connectivity index (χ4n) is 2.49. The van der Waals surface area contributed by atoms with Gasteiger partial charge in [-0.3, -0.25) is 9.48 Å². The second-order valence-corrected chi connectivity index (χ2v) is 6.65. The van der Waals surface area contributed by atoms with E-state index in [2.05, 4.69) is 35.2 Å². The van der Waals surface area contributed by atoms with Crippen LogP contribution in [0.5, 0.6) is 0 Å². The lowest BCUT2D eigenvalue weighted by molar-refractivity contribution is 0.0992. The Balaban J connectivity index is 1.99. The number of benzene rings is 1. The first-order valence-corrected chi connectivity index (χ1v) is 8.57. The lowest BCUT2D eigenvalue weighted by Crippen LogP contribution is -2.13. The third-order valence-corrected chi connectivity index (χ3v) is 4.92. The largest absolute Gasteiger partial charge is 0.319 e. The summed E-state index contributed by atoms with van der Waals surface area (Å²) in [6.45, 7) is 2.20. The summed E-state index contributed by atoms with van der Waals surface area (Å²) in [5.74, 6) is -0.307. The Morgan fingerprint density at radius 3 is 2.83 bits per heavy atom. The number of unbranched alkanes of at least 4 members (excludes halogenated alkanes) is 1. The van der Waals surface area contributed by atoms with Gasteiger partial charge in [-0.25, -0.2) is 0 Å². The van der Waals surface area contributed by atoms with Gasteiger partial charge in [0.05, 0.1) is 10.2 Å². The molecule has 0 aliphatic rings. The Morgan fingerprint density at radius 2 is 2.13 bits per heavy atom. The van der Waals surface area contributed by atoms with Gasteiger partial charge in [0.1, 0.15) is 0 Å². The molecule has 1 aromatic carbocycles. The molecule has 0 atom stereocenters. The number of aromatic nitrogens is 3. The van der Waals surface area contributed by atoms with Crippen molar-refractivity contribution >= 4 is 27.5 Å². The highest BCUT2D eigenvalue weighted by Gasteiger charge is 2.09. The number of amides is 1. The van der Waals surface area contributed by atoms with Crippen molar-refractivity contribution in [2.45, 2.75) is 26.2 Å². The molecule has 23 heavy (non-hydrogen) atoms. The van der Waals surface area contributed by atoms with Gasteiger partial charge in [0.25, 0.3) is 5.91 Å². The van der Waals surface area contributed by atoms with Gasteiger partial charge in [-0.1, -0.05) is 30.7 Å². The van der Waals surface area contributed by atoms with E-state index < -0.39 is 0 Å². The number of thiazole rings is 1. The first kappa shape index (κ1) is 15.7. The second kappa shape index (κ2) is 6.50.